The summed E-state index contributed by atoms with van der Waals surface area (Å²) < 4.78 is 0. The largest absolute Gasteiger partial charge is 0.396 e. The average molecular weight is 184 g/mol. The topological polar surface area (TPSA) is 67.5 Å². The lowest BCUT2D eigenvalue weighted by molar-refractivity contribution is 0.103. The molecule has 4 nitrogen and oxygen atoms in total. The second kappa shape index (κ2) is 4.56. The highest BCUT2D eigenvalue weighted by Crippen LogP contribution is 2.17. The normalized spacial score (nSPS) is 31.5. The van der Waals surface area contributed by atoms with Crippen molar-refractivity contribution in [1.29, 1.82) is 5.26 Å². The van der Waals surface area contributed by atoms with E-state index in [9.17, 15) is 5.11 Å². The van der Waals surface area contributed by atoms with Crippen LogP contribution in [0.3, 0.4) is 0 Å². The van der Waals surface area contributed by atoms with Crippen molar-refractivity contribution >= 4 is 0 Å². The first-order valence-electron chi connectivity index (χ1n) is 4.58. The molecule has 1 heterocycles. The maximum atomic E-state index is 9.46. The standard InChI is InChI=1S/C9H16N2O2/c1-7(2-10)3-11-4-8(6-12)9(13)5-11/h7-9,12-13H,3-6H2,1H3. The van der Waals surface area contributed by atoms with Crippen LogP contribution >= 0.6 is 0 Å². The second-order valence-corrected chi connectivity index (χ2v) is 3.76. The highest BCUT2D eigenvalue weighted by molar-refractivity contribution is 4.88. The van der Waals surface area contributed by atoms with Crippen LogP contribution in [0.1, 0.15) is 6.92 Å². The molecule has 3 unspecified atom stereocenters. The summed E-state index contributed by atoms with van der Waals surface area (Å²) in [5.74, 6) is -0.0458. The van der Waals surface area contributed by atoms with Gasteiger partial charge in [0.1, 0.15) is 0 Å². The number of rotatable bonds is 3. The molecule has 0 aromatic carbocycles. The molecule has 0 aliphatic carbocycles. The van der Waals surface area contributed by atoms with Gasteiger partial charge in [0.05, 0.1) is 18.1 Å². The molecule has 0 radical (unpaired) electrons. The molecule has 0 saturated carbocycles. The minimum absolute atomic E-state index is 0.00959. The highest BCUT2D eigenvalue weighted by Gasteiger charge is 2.30. The summed E-state index contributed by atoms with van der Waals surface area (Å²) in [6.45, 7) is 3.85. The van der Waals surface area contributed by atoms with Crippen LogP contribution in [-0.2, 0) is 0 Å². The molecule has 3 atom stereocenters. The molecule has 2 N–H and O–H groups in total. The molecular weight excluding hydrogens is 168 g/mol. The lowest BCUT2D eigenvalue weighted by Crippen LogP contribution is -2.26. The van der Waals surface area contributed by atoms with E-state index >= 15 is 0 Å². The molecule has 74 valence electrons. The maximum absolute atomic E-state index is 9.46. The minimum Gasteiger partial charge on any atom is -0.396 e. The number of β-amino-alcohol motifs (C(OH)–C–C–N with tert-alkyl or cyclic N) is 1. The molecule has 4 heteroatoms. The number of aliphatic hydroxyl groups is 2. The summed E-state index contributed by atoms with van der Waals surface area (Å²) in [4.78, 5) is 2.03. The van der Waals surface area contributed by atoms with Crippen molar-refractivity contribution in [1.82, 2.24) is 4.90 Å². The molecule has 1 fully saturated rings. The lowest BCUT2D eigenvalue weighted by Gasteiger charge is -2.15. The predicted molar refractivity (Wildman–Crippen MR) is 47.8 cm³/mol. The van der Waals surface area contributed by atoms with E-state index in [0.717, 1.165) is 0 Å². The Hall–Kier alpha value is -0.630. The van der Waals surface area contributed by atoms with E-state index in [4.69, 9.17) is 10.4 Å². The average Bonchev–Trinajstić information content (AvgIpc) is 2.46. The fourth-order valence-corrected chi connectivity index (χ4v) is 1.70. The second-order valence-electron chi connectivity index (χ2n) is 3.76. The third kappa shape index (κ3) is 2.66. The predicted octanol–water partition coefficient (Wildman–Crippen LogP) is -0.569. The zero-order valence-corrected chi connectivity index (χ0v) is 7.85. The Balaban J connectivity index is 2.36. The van der Waals surface area contributed by atoms with E-state index in [1.54, 1.807) is 0 Å². The van der Waals surface area contributed by atoms with E-state index in [-0.39, 0.29) is 18.4 Å². The monoisotopic (exact) mass is 184 g/mol. The number of hydrogen-bond donors (Lipinski definition) is 2. The molecule has 1 aliphatic rings. The van der Waals surface area contributed by atoms with Crippen molar-refractivity contribution in [2.45, 2.75) is 13.0 Å². The number of likely N-dealkylation sites (tertiary alicyclic amines) is 1. The van der Waals surface area contributed by atoms with E-state index in [0.29, 0.717) is 19.6 Å². The van der Waals surface area contributed by atoms with Gasteiger partial charge in [0.2, 0.25) is 0 Å². The smallest absolute Gasteiger partial charge is 0.0729 e. The number of hydrogen-bond acceptors (Lipinski definition) is 4. The van der Waals surface area contributed by atoms with Crippen LogP contribution in [0.5, 0.6) is 0 Å². The summed E-state index contributed by atoms with van der Waals surface area (Å²) in [5.41, 5.74) is 0. The molecule has 1 saturated heterocycles. The SMILES string of the molecule is CC(C#N)CN1CC(O)C(CO)C1. The summed E-state index contributed by atoms with van der Waals surface area (Å²) >= 11 is 0. The van der Waals surface area contributed by atoms with Gasteiger partial charge in [-0.15, -0.1) is 0 Å². The van der Waals surface area contributed by atoms with Crippen molar-refractivity contribution in [2.24, 2.45) is 11.8 Å². The Kier molecular flexibility index (Phi) is 3.67. The first-order valence-corrected chi connectivity index (χ1v) is 4.58. The van der Waals surface area contributed by atoms with Gasteiger partial charge < -0.3 is 10.2 Å². The molecule has 0 aromatic heterocycles. The summed E-state index contributed by atoms with van der Waals surface area (Å²) in [6.07, 6.45) is -0.434. The molecule has 0 aromatic rings. The Morgan fingerprint density at radius 3 is 2.77 bits per heavy atom. The van der Waals surface area contributed by atoms with Crippen LogP contribution in [-0.4, -0.2) is 47.5 Å². The summed E-state index contributed by atoms with van der Waals surface area (Å²) in [7, 11) is 0. The summed E-state index contributed by atoms with van der Waals surface area (Å²) in [6, 6.07) is 2.15. The highest BCUT2D eigenvalue weighted by atomic mass is 16.3. The van der Waals surface area contributed by atoms with Gasteiger partial charge in [-0.05, 0) is 6.92 Å². The molecule has 0 spiro atoms. The maximum Gasteiger partial charge on any atom is 0.0729 e. The number of nitrogens with zero attached hydrogens (tertiary/aromatic N) is 2. The van der Waals surface area contributed by atoms with Crippen LogP contribution in [0.4, 0.5) is 0 Å². The lowest BCUT2D eigenvalue weighted by atomic mass is 10.1. The molecule has 0 bridgehead atoms. The van der Waals surface area contributed by atoms with Crippen LogP contribution in [0.15, 0.2) is 0 Å². The minimum atomic E-state index is -0.434. The van der Waals surface area contributed by atoms with Gasteiger partial charge in [-0.2, -0.15) is 5.26 Å². The van der Waals surface area contributed by atoms with Gasteiger partial charge in [-0.3, -0.25) is 4.90 Å². The molecule has 13 heavy (non-hydrogen) atoms. The van der Waals surface area contributed by atoms with Crippen molar-refractivity contribution in [3.05, 3.63) is 0 Å². The first kappa shape index (κ1) is 10.5. The van der Waals surface area contributed by atoms with E-state index < -0.39 is 6.10 Å². The Labute approximate surface area is 78.4 Å². The van der Waals surface area contributed by atoms with E-state index in [1.165, 1.54) is 0 Å². The van der Waals surface area contributed by atoms with Crippen LogP contribution in [0.25, 0.3) is 0 Å². The van der Waals surface area contributed by atoms with Gasteiger partial charge in [-0.1, -0.05) is 0 Å². The number of aliphatic hydroxyl groups excluding tert-OH is 2. The van der Waals surface area contributed by atoms with Crippen LogP contribution < -0.4 is 0 Å². The van der Waals surface area contributed by atoms with E-state index in [1.807, 2.05) is 11.8 Å². The molecular formula is C9H16N2O2. The van der Waals surface area contributed by atoms with Gasteiger partial charge >= 0.3 is 0 Å². The third-order valence-corrected chi connectivity index (χ3v) is 2.47. The van der Waals surface area contributed by atoms with E-state index in [2.05, 4.69) is 6.07 Å². The van der Waals surface area contributed by atoms with Gasteiger partial charge in [0.25, 0.3) is 0 Å². The van der Waals surface area contributed by atoms with Crippen LogP contribution in [0, 0.1) is 23.2 Å². The fraction of sp³-hybridized carbons (Fsp3) is 0.889. The van der Waals surface area contributed by atoms with Gasteiger partial charge in [0.15, 0.2) is 0 Å². The van der Waals surface area contributed by atoms with Crippen LogP contribution in [0.2, 0.25) is 0 Å². The quantitative estimate of drug-likeness (QED) is 0.616. The Morgan fingerprint density at radius 1 is 1.62 bits per heavy atom. The third-order valence-electron chi connectivity index (χ3n) is 2.47. The van der Waals surface area contributed by atoms with Crippen molar-refractivity contribution < 1.29 is 10.2 Å². The summed E-state index contributed by atoms with van der Waals surface area (Å²) in [5, 5.41) is 26.9. The van der Waals surface area contributed by atoms with Gasteiger partial charge in [0, 0.05) is 32.2 Å². The molecule has 1 rings (SSSR count). The molecule has 0 amide bonds. The Morgan fingerprint density at radius 2 is 2.31 bits per heavy atom. The van der Waals surface area contributed by atoms with Crippen molar-refractivity contribution in [2.75, 3.05) is 26.2 Å². The van der Waals surface area contributed by atoms with Crippen molar-refractivity contribution in [3.63, 3.8) is 0 Å². The molecule has 1 aliphatic heterocycles. The van der Waals surface area contributed by atoms with Gasteiger partial charge in [-0.25, -0.2) is 0 Å². The first-order chi connectivity index (χ1) is 6.17. The zero-order valence-electron chi connectivity index (χ0n) is 7.85. The zero-order chi connectivity index (χ0) is 9.84. The number of nitriles is 1. The fourth-order valence-electron chi connectivity index (χ4n) is 1.70. The van der Waals surface area contributed by atoms with Crippen molar-refractivity contribution in [3.8, 4) is 6.07 Å². The Bertz CT molecular complexity index is 202.